The van der Waals surface area contributed by atoms with Crippen LogP contribution in [0.1, 0.15) is 30.1 Å². The molecule has 1 fully saturated rings. The number of benzene rings is 1. The number of hydrogen-bond acceptors (Lipinski definition) is 3. The van der Waals surface area contributed by atoms with Crippen LogP contribution in [0.25, 0.3) is 0 Å². The minimum atomic E-state index is -0.727. The molecule has 1 aliphatic heterocycles. The number of piperidine rings is 1. The maximum absolute atomic E-state index is 13.8. The summed E-state index contributed by atoms with van der Waals surface area (Å²) in [5.41, 5.74) is -0.683. The molecule has 1 heterocycles. The summed E-state index contributed by atoms with van der Waals surface area (Å²) in [6, 6.07) is 4.20. The molecule has 1 aromatic carbocycles. The van der Waals surface area contributed by atoms with Gasteiger partial charge in [-0.05, 0) is 31.9 Å². The number of nitrogens with zero attached hydrogens (tertiary/aromatic N) is 1. The average Bonchev–Trinajstić information content (AvgIpc) is 2.37. The molecule has 0 aliphatic carbocycles. The number of amides is 1. The van der Waals surface area contributed by atoms with E-state index < -0.39 is 11.4 Å². The standard InChI is InChI=1S/C14H18FNO3/c1-14(18)5-7-16(8-6-14)13(17)11-4-3-10(19-2)9-12(11)15/h3-4,9,18H,5-8H2,1-2H3. The van der Waals surface area contributed by atoms with Gasteiger partial charge in [-0.3, -0.25) is 4.79 Å². The molecule has 1 amide bonds. The molecule has 1 aromatic rings. The minimum absolute atomic E-state index is 0.0438. The average molecular weight is 267 g/mol. The molecule has 0 aromatic heterocycles. The van der Waals surface area contributed by atoms with E-state index >= 15 is 0 Å². The quantitative estimate of drug-likeness (QED) is 0.889. The lowest BCUT2D eigenvalue weighted by atomic mass is 9.93. The Balaban J connectivity index is 2.12. The second-order valence-electron chi connectivity index (χ2n) is 5.13. The van der Waals surface area contributed by atoms with Crippen LogP contribution in [0, 0.1) is 5.82 Å². The Bertz CT molecular complexity index is 478. The number of carbonyl (C=O) groups is 1. The van der Waals surface area contributed by atoms with Gasteiger partial charge in [-0.25, -0.2) is 4.39 Å². The lowest BCUT2D eigenvalue weighted by molar-refractivity contribution is -0.00213. The van der Waals surface area contributed by atoms with Crippen molar-refractivity contribution in [1.29, 1.82) is 0 Å². The van der Waals surface area contributed by atoms with Crippen molar-refractivity contribution in [2.45, 2.75) is 25.4 Å². The zero-order chi connectivity index (χ0) is 14.0. The van der Waals surface area contributed by atoms with E-state index in [4.69, 9.17) is 4.74 Å². The van der Waals surface area contributed by atoms with Crippen molar-refractivity contribution in [1.82, 2.24) is 4.90 Å². The first-order valence-corrected chi connectivity index (χ1v) is 6.28. The van der Waals surface area contributed by atoms with Crippen LogP contribution >= 0.6 is 0 Å². The van der Waals surface area contributed by atoms with Crippen LogP contribution in [-0.4, -0.2) is 41.7 Å². The van der Waals surface area contributed by atoms with Gasteiger partial charge in [0.25, 0.3) is 5.91 Å². The summed E-state index contributed by atoms with van der Waals surface area (Å²) in [7, 11) is 1.45. The van der Waals surface area contributed by atoms with Crippen molar-refractivity contribution < 1.29 is 19.0 Å². The Kier molecular flexibility index (Phi) is 3.75. The van der Waals surface area contributed by atoms with Crippen molar-refractivity contribution in [3.63, 3.8) is 0 Å². The predicted octanol–water partition coefficient (Wildman–Crippen LogP) is 1.82. The summed E-state index contributed by atoms with van der Waals surface area (Å²) in [5.74, 6) is -0.534. The van der Waals surface area contributed by atoms with Crippen LogP contribution in [0.5, 0.6) is 5.75 Å². The Labute approximate surface area is 111 Å². The summed E-state index contributed by atoms with van der Waals surface area (Å²) >= 11 is 0. The van der Waals surface area contributed by atoms with Gasteiger partial charge in [-0.2, -0.15) is 0 Å². The summed E-state index contributed by atoms with van der Waals surface area (Å²) < 4.78 is 18.7. The summed E-state index contributed by atoms with van der Waals surface area (Å²) in [6.07, 6.45) is 1.02. The van der Waals surface area contributed by atoms with Crippen LogP contribution in [0.4, 0.5) is 4.39 Å². The topological polar surface area (TPSA) is 49.8 Å². The van der Waals surface area contributed by atoms with E-state index in [1.165, 1.54) is 19.2 Å². The van der Waals surface area contributed by atoms with Gasteiger partial charge in [-0.15, -0.1) is 0 Å². The molecule has 4 nitrogen and oxygen atoms in total. The van der Waals surface area contributed by atoms with Gasteiger partial charge in [0.05, 0.1) is 18.3 Å². The Morgan fingerprint density at radius 1 is 1.42 bits per heavy atom. The molecule has 0 bridgehead atoms. The second kappa shape index (κ2) is 5.17. The van der Waals surface area contributed by atoms with Crippen molar-refractivity contribution >= 4 is 5.91 Å². The summed E-state index contributed by atoms with van der Waals surface area (Å²) in [5, 5.41) is 9.84. The third kappa shape index (κ3) is 3.04. The van der Waals surface area contributed by atoms with E-state index in [-0.39, 0.29) is 11.5 Å². The van der Waals surface area contributed by atoms with Crippen LogP contribution < -0.4 is 4.74 Å². The van der Waals surface area contributed by atoms with Crippen molar-refractivity contribution in [3.8, 4) is 5.75 Å². The van der Waals surface area contributed by atoms with Crippen molar-refractivity contribution in [2.24, 2.45) is 0 Å². The van der Waals surface area contributed by atoms with Gasteiger partial charge in [0.2, 0.25) is 0 Å². The zero-order valence-electron chi connectivity index (χ0n) is 11.1. The lowest BCUT2D eigenvalue weighted by Gasteiger charge is -2.35. The molecular formula is C14H18FNO3. The predicted molar refractivity (Wildman–Crippen MR) is 68.7 cm³/mol. The van der Waals surface area contributed by atoms with Gasteiger partial charge in [0, 0.05) is 19.2 Å². The maximum Gasteiger partial charge on any atom is 0.256 e. The van der Waals surface area contributed by atoms with Crippen LogP contribution in [0.2, 0.25) is 0 Å². The molecule has 1 aliphatic rings. The molecule has 1 N–H and O–H groups in total. The number of methoxy groups -OCH3 is 1. The Hall–Kier alpha value is -1.62. The van der Waals surface area contributed by atoms with E-state index in [2.05, 4.69) is 0 Å². The van der Waals surface area contributed by atoms with Crippen molar-refractivity contribution in [2.75, 3.05) is 20.2 Å². The molecule has 104 valence electrons. The highest BCUT2D eigenvalue weighted by atomic mass is 19.1. The molecule has 0 spiro atoms. The number of rotatable bonds is 2. The fourth-order valence-corrected chi connectivity index (χ4v) is 2.16. The van der Waals surface area contributed by atoms with Gasteiger partial charge in [-0.1, -0.05) is 0 Å². The summed E-state index contributed by atoms with van der Waals surface area (Å²) in [4.78, 5) is 13.8. The summed E-state index contributed by atoms with van der Waals surface area (Å²) in [6.45, 7) is 2.64. The van der Waals surface area contributed by atoms with Gasteiger partial charge in [0.1, 0.15) is 11.6 Å². The molecule has 1 saturated heterocycles. The number of likely N-dealkylation sites (tertiary alicyclic amines) is 1. The third-order valence-electron chi connectivity index (χ3n) is 3.53. The van der Waals surface area contributed by atoms with Gasteiger partial charge >= 0.3 is 0 Å². The molecule has 0 atom stereocenters. The largest absolute Gasteiger partial charge is 0.497 e. The zero-order valence-corrected chi connectivity index (χ0v) is 11.1. The maximum atomic E-state index is 13.8. The molecule has 0 saturated carbocycles. The second-order valence-corrected chi connectivity index (χ2v) is 5.13. The first-order chi connectivity index (χ1) is 8.93. The number of ether oxygens (including phenoxy) is 1. The number of halogens is 1. The van der Waals surface area contributed by atoms with E-state index in [0.29, 0.717) is 31.7 Å². The SMILES string of the molecule is COc1ccc(C(=O)N2CCC(C)(O)CC2)c(F)c1. The highest BCUT2D eigenvalue weighted by Gasteiger charge is 2.30. The van der Waals surface area contributed by atoms with Crippen molar-refractivity contribution in [3.05, 3.63) is 29.6 Å². The molecule has 19 heavy (non-hydrogen) atoms. The van der Waals surface area contributed by atoms with Crippen LogP contribution in [0.3, 0.4) is 0 Å². The van der Waals surface area contributed by atoms with Gasteiger partial charge in [0.15, 0.2) is 0 Å². The Morgan fingerprint density at radius 3 is 2.58 bits per heavy atom. The molecular weight excluding hydrogens is 249 g/mol. The van der Waals surface area contributed by atoms with E-state index in [1.807, 2.05) is 0 Å². The first-order valence-electron chi connectivity index (χ1n) is 6.28. The monoisotopic (exact) mass is 267 g/mol. The molecule has 5 heteroatoms. The smallest absolute Gasteiger partial charge is 0.256 e. The number of hydrogen-bond donors (Lipinski definition) is 1. The third-order valence-corrected chi connectivity index (χ3v) is 3.53. The first kappa shape index (κ1) is 13.8. The van der Waals surface area contributed by atoms with E-state index in [0.717, 1.165) is 0 Å². The molecule has 0 radical (unpaired) electrons. The fourth-order valence-electron chi connectivity index (χ4n) is 2.16. The molecule has 0 unspecified atom stereocenters. The Morgan fingerprint density at radius 2 is 2.05 bits per heavy atom. The lowest BCUT2D eigenvalue weighted by Crippen LogP contribution is -2.45. The normalized spacial score (nSPS) is 18.2. The number of carbonyl (C=O) groups excluding carboxylic acids is 1. The van der Waals surface area contributed by atoms with Crippen LogP contribution in [-0.2, 0) is 0 Å². The highest BCUT2D eigenvalue weighted by molar-refractivity contribution is 5.94. The molecule has 2 rings (SSSR count). The minimum Gasteiger partial charge on any atom is -0.497 e. The van der Waals surface area contributed by atoms with Crippen LogP contribution in [0.15, 0.2) is 18.2 Å². The van der Waals surface area contributed by atoms with E-state index in [9.17, 15) is 14.3 Å². The van der Waals surface area contributed by atoms with Gasteiger partial charge < -0.3 is 14.7 Å². The highest BCUT2D eigenvalue weighted by Crippen LogP contribution is 2.24. The fraction of sp³-hybridized carbons (Fsp3) is 0.500. The van der Waals surface area contributed by atoms with E-state index in [1.54, 1.807) is 17.9 Å². The number of aliphatic hydroxyl groups is 1.